The van der Waals surface area contributed by atoms with Gasteiger partial charge in [0.2, 0.25) is 12.7 Å². The summed E-state index contributed by atoms with van der Waals surface area (Å²) in [5.74, 6) is 3.39. The molecule has 4 aliphatic carbocycles. The number of nitrogens with one attached hydrogen (secondary N) is 1. The quantitative estimate of drug-likeness (QED) is 0.831. The number of carbonyl (C=O) groups is 2. The van der Waals surface area contributed by atoms with E-state index in [1.165, 1.54) is 43.4 Å². The molecule has 6 heteroatoms. The first-order valence-corrected chi connectivity index (χ1v) is 10.1. The van der Waals surface area contributed by atoms with E-state index in [1.54, 1.807) is 18.2 Å². The van der Waals surface area contributed by atoms with E-state index >= 15 is 0 Å². The minimum absolute atomic E-state index is 0.0697. The number of imide groups is 1. The van der Waals surface area contributed by atoms with E-state index in [9.17, 15) is 9.59 Å². The SMILES string of the molecule is O=C1C[C@@H](NC23CC4CC(CC(C4)C2)C3)C(=O)N1c1ccc2c(c1)OCO2. The highest BCUT2D eigenvalue weighted by molar-refractivity contribution is 6.22. The van der Waals surface area contributed by atoms with E-state index in [0.717, 1.165) is 17.8 Å². The first-order chi connectivity index (χ1) is 13.1. The van der Waals surface area contributed by atoms with Crippen LogP contribution in [0.3, 0.4) is 0 Å². The van der Waals surface area contributed by atoms with E-state index in [0.29, 0.717) is 17.2 Å². The molecular weight excluding hydrogens is 344 g/mol. The number of anilines is 1. The summed E-state index contributed by atoms with van der Waals surface area (Å²) in [6.45, 7) is 0.177. The number of amides is 2. The summed E-state index contributed by atoms with van der Waals surface area (Å²) < 4.78 is 10.7. The summed E-state index contributed by atoms with van der Waals surface area (Å²) in [6, 6.07) is 4.85. The lowest BCUT2D eigenvalue weighted by Gasteiger charge is -2.57. The van der Waals surface area contributed by atoms with Gasteiger partial charge >= 0.3 is 0 Å². The topological polar surface area (TPSA) is 67.9 Å². The second-order valence-corrected chi connectivity index (χ2v) is 9.20. The lowest BCUT2D eigenvalue weighted by molar-refractivity contribution is -0.122. The van der Waals surface area contributed by atoms with Crippen LogP contribution in [-0.2, 0) is 9.59 Å². The highest BCUT2D eigenvalue weighted by Gasteiger charge is 2.53. The molecule has 142 valence electrons. The molecule has 2 aliphatic heterocycles. The molecule has 1 saturated heterocycles. The molecule has 0 unspecified atom stereocenters. The number of hydrogen-bond donors (Lipinski definition) is 1. The van der Waals surface area contributed by atoms with Gasteiger partial charge in [-0.15, -0.1) is 0 Å². The van der Waals surface area contributed by atoms with E-state index < -0.39 is 6.04 Å². The average Bonchev–Trinajstić information content (AvgIpc) is 3.17. The van der Waals surface area contributed by atoms with Crippen molar-refractivity contribution < 1.29 is 19.1 Å². The summed E-state index contributed by atoms with van der Waals surface area (Å²) in [6.07, 6.45) is 7.84. The molecule has 1 aromatic rings. The Hall–Kier alpha value is -2.08. The van der Waals surface area contributed by atoms with Crippen molar-refractivity contribution in [2.75, 3.05) is 11.7 Å². The Morgan fingerprint density at radius 2 is 1.63 bits per heavy atom. The summed E-state index contributed by atoms with van der Waals surface area (Å²) in [7, 11) is 0. The Morgan fingerprint density at radius 1 is 0.963 bits per heavy atom. The predicted octanol–water partition coefficient (Wildman–Crippen LogP) is 2.61. The second-order valence-electron chi connectivity index (χ2n) is 9.20. The first-order valence-electron chi connectivity index (χ1n) is 10.1. The lowest BCUT2D eigenvalue weighted by atomic mass is 9.53. The molecule has 1 N–H and O–H groups in total. The fraction of sp³-hybridized carbons (Fsp3) is 0.619. The maximum Gasteiger partial charge on any atom is 0.251 e. The van der Waals surface area contributed by atoms with Gasteiger partial charge in [0, 0.05) is 11.6 Å². The first kappa shape index (κ1) is 15.9. The molecular formula is C21H24N2O4. The van der Waals surface area contributed by atoms with E-state index in [2.05, 4.69) is 5.32 Å². The Kier molecular flexibility index (Phi) is 3.23. The molecule has 1 aromatic carbocycles. The average molecular weight is 368 g/mol. The smallest absolute Gasteiger partial charge is 0.251 e. The summed E-state index contributed by atoms with van der Waals surface area (Å²) in [5.41, 5.74) is 0.643. The van der Waals surface area contributed by atoms with Crippen LogP contribution in [0.4, 0.5) is 5.69 Å². The van der Waals surface area contributed by atoms with Crippen LogP contribution in [0.15, 0.2) is 18.2 Å². The molecule has 27 heavy (non-hydrogen) atoms. The zero-order chi connectivity index (χ0) is 18.2. The highest BCUT2D eigenvalue weighted by Crippen LogP contribution is 2.56. The van der Waals surface area contributed by atoms with Crippen molar-refractivity contribution in [1.29, 1.82) is 0 Å². The van der Waals surface area contributed by atoms with Crippen molar-refractivity contribution in [3.05, 3.63) is 18.2 Å². The molecule has 6 aliphatic rings. The molecule has 2 heterocycles. The Bertz CT molecular complexity index is 800. The maximum absolute atomic E-state index is 13.1. The third-order valence-electron chi connectivity index (χ3n) is 7.28. The molecule has 0 radical (unpaired) electrons. The fourth-order valence-corrected chi connectivity index (χ4v) is 6.70. The molecule has 6 nitrogen and oxygen atoms in total. The fourth-order valence-electron chi connectivity index (χ4n) is 6.70. The van der Waals surface area contributed by atoms with Gasteiger partial charge in [0.25, 0.3) is 5.91 Å². The molecule has 7 rings (SSSR count). The molecule has 4 bridgehead atoms. The predicted molar refractivity (Wildman–Crippen MR) is 97.5 cm³/mol. The summed E-state index contributed by atoms with van der Waals surface area (Å²) in [5, 5.41) is 3.69. The molecule has 1 atom stereocenters. The number of rotatable bonds is 3. The van der Waals surface area contributed by atoms with Crippen molar-refractivity contribution in [3.63, 3.8) is 0 Å². The maximum atomic E-state index is 13.1. The van der Waals surface area contributed by atoms with Crippen molar-refractivity contribution in [1.82, 2.24) is 5.32 Å². The minimum atomic E-state index is -0.404. The second kappa shape index (κ2) is 5.47. The number of hydrogen-bond acceptors (Lipinski definition) is 5. The van der Waals surface area contributed by atoms with Crippen LogP contribution >= 0.6 is 0 Å². The van der Waals surface area contributed by atoms with Crippen LogP contribution in [-0.4, -0.2) is 30.2 Å². The standard InChI is InChI=1S/C21H24N2O4/c24-19-7-16(22-21-8-12-3-13(9-21)5-14(4-12)10-21)20(25)23(19)15-1-2-17-18(6-15)27-11-26-17/h1-2,6,12-14,16,22H,3-5,7-11H2/t12?,13?,14?,16-,21?/m1/s1. The van der Waals surface area contributed by atoms with E-state index in [1.807, 2.05) is 0 Å². The lowest BCUT2D eigenvalue weighted by Crippen LogP contribution is -2.61. The van der Waals surface area contributed by atoms with Crippen LogP contribution in [0.1, 0.15) is 44.9 Å². The molecule has 5 fully saturated rings. The van der Waals surface area contributed by atoms with Crippen molar-refractivity contribution in [3.8, 4) is 11.5 Å². The zero-order valence-corrected chi connectivity index (χ0v) is 15.3. The van der Waals surface area contributed by atoms with Crippen LogP contribution in [0.2, 0.25) is 0 Å². The molecule has 4 saturated carbocycles. The zero-order valence-electron chi connectivity index (χ0n) is 15.3. The van der Waals surface area contributed by atoms with Gasteiger partial charge in [-0.2, -0.15) is 0 Å². The van der Waals surface area contributed by atoms with Crippen molar-refractivity contribution in [2.24, 2.45) is 17.8 Å². The number of nitrogens with zero attached hydrogens (tertiary/aromatic N) is 1. The number of ether oxygens (including phenoxy) is 2. The third-order valence-corrected chi connectivity index (χ3v) is 7.28. The Morgan fingerprint density at radius 3 is 2.33 bits per heavy atom. The Labute approximate surface area is 158 Å². The summed E-state index contributed by atoms with van der Waals surface area (Å²) in [4.78, 5) is 27.1. The number of fused-ring (bicyclic) bond motifs is 1. The van der Waals surface area contributed by atoms with E-state index in [4.69, 9.17) is 9.47 Å². The molecule has 2 amide bonds. The van der Waals surface area contributed by atoms with Crippen LogP contribution in [0, 0.1) is 17.8 Å². The monoisotopic (exact) mass is 368 g/mol. The Balaban J connectivity index is 1.24. The van der Waals surface area contributed by atoms with Gasteiger partial charge in [0.05, 0.1) is 18.2 Å². The minimum Gasteiger partial charge on any atom is -0.454 e. The van der Waals surface area contributed by atoms with Gasteiger partial charge in [0.15, 0.2) is 11.5 Å². The van der Waals surface area contributed by atoms with Crippen molar-refractivity contribution in [2.45, 2.75) is 56.5 Å². The molecule has 0 spiro atoms. The van der Waals surface area contributed by atoms with Gasteiger partial charge in [-0.25, -0.2) is 4.90 Å². The van der Waals surface area contributed by atoms with Crippen LogP contribution in [0.25, 0.3) is 0 Å². The molecule has 0 aromatic heterocycles. The van der Waals surface area contributed by atoms with E-state index in [-0.39, 0.29) is 30.6 Å². The van der Waals surface area contributed by atoms with Gasteiger partial charge in [-0.3, -0.25) is 14.9 Å². The number of carbonyl (C=O) groups excluding carboxylic acids is 2. The van der Waals surface area contributed by atoms with Crippen LogP contribution in [0.5, 0.6) is 11.5 Å². The summed E-state index contributed by atoms with van der Waals surface area (Å²) >= 11 is 0. The van der Waals surface area contributed by atoms with Gasteiger partial charge in [-0.05, 0) is 68.4 Å². The largest absolute Gasteiger partial charge is 0.454 e. The van der Waals surface area contributed by atoms with Gasteiger partial charge in [0.1, 0.15) is 0 Å². The van der Waals surface area contributed by atoms with Crippen LogP contribution < -0.4 is 19.7 Å². The number of benzene rings is 1. The normalized spacial score (nSPS) is 38.9. The van der Waals surface area contributed by atoms with Gasteiger partial charge < -0.3 is 9.47 Å². The third kappa shape index (κ3) is 2.42. The van der Waals surface area contributed by atoms with Gasteiger partial charge in [-0.1, -0.05) is 0 Å². The van der Waals surface area contributed by atoms with Crippen molar-refractivity contribution >= 4 is 17.5 Å². The highest BCUT2D eigenvalue weighted by atomic mass is 16.7.